The SMILES string of the molecule is Cc1ccc([N+](=O)[O-])cc1C(=O)NC1CCCCC1Br. The van der Waals surface area contributed by atoms with Crippen LogP contribution in [-0.4, -0.2) is 21.7 Å². The van der Waals surface area contributed by atoms with Crippen molar-refractivity contribution >= 4 is 27.5 Å². The molecule has 1 aliphatic carbocycles. The first-order valence-electron chi connectivity index (χ1n) is 6.69. The predicted molar refractivity (Wildman–Crippen MR) is 80.3 cm³/mol. The second kappa shape index (κ2) is 6.35. The number of aryl methyl sites for hydroxylation is 1. The van der Waals surface area contributed by atoms with Crippen LogP contribution in [0.15, 0.2) is 18.2 Å². The summed E-state index contributed by atoms with van der Waals surface area (Å²) in [4.78, 5) is 22.9. The molecule has 0 heterocycles. The fourth-order valence-corrected chi connectivity index (χ4v) is 3.18. The van der Waals surface area contributed by atoms with Gasteiger partial charge in [-0.15, -0.1) is 0 Å². The first-order valence-corrected chi connectivity index (χ1v) is 7.60. The first kappa shape index (κ1) is 15.0. The Balaban J connectivity index is 2.16. The number of benzene rings is 1. The maximum absolute atomic E-state index is 12.3. The van der Waals surface area contributed by atoms with Gasteiger partial charge in [0.1, 0.15) is 0 Å². The molecule has 0 spiro atoms. The lowest BCUT2D eigenvalue weighted by Crippen LogP contribution is -2.42. The van der Waals surface area contributed by atoms with Gasteiger partial charge in [0, 0.05) is 28.6 Å². The number of hydrogen-bond donors (Lipinski definition) is 1. The largest absolute Gasteiger partial charge is 0.348 e. The second-order valence-electron chi connectivity index (χ2n) is 5.14. The maximum Gasteiger partial charge on any atom is 0.270 e. The molecule has 2 unspecified atom stereocenters. The van der Waals surface area contributed by atoms with Gasteiger partial charge in [0.15, 0.2) is 0 Å². The summed E-state index contributed by atoms with van der Waals surface area (Å²) in [6, 6.07) is 4.46. The number of nitrogens with zero attached hydrogens (tertiary/aromatic N) is 1. The molecule has 20 heavy (non-hydrogen) atoms. The van der Waals surface area contributed by atoms with Crippen LogP contribution in [0.25, 0.3) is 0 Å². The Morgan fingerprint density at radius 3 is 2.75 bits per heavy atom. The normalized spacial score (nSPS) is 22.3. The third-order valence-corrected chi connectivity index (χ3v) is 4.77. The van der Waals surface area contributed by atoms with Gasteiger partial charge in [0.05, 0.1) is 4.92 Å². The molecule has 1 amide bonds. The van der Waals surface area contributed by atoms with Crippen LogP contribution in [0.5, 0.6) is 0 Å². The fraction of sp³-hybridized carbons (Fsp3) is 0.500. The van der Waals surface area contributed by atoms with E-state index in [0.717, 1.165) is 31.2 Å². The van der Waals surface area contributed by atoms with Gasteiger partial charge < -0.3 is 5.32 Å². The van der Waals surface area contributed by atoms with Crippen LogP contribution in [0.4, 0.5) is 5.69 Å². The molecule has 1 aromatic carbocycles. The molecule has 1 aliphatic rings. The second-order valence-corrected chi connectivity index (χ2v) is 6.31. The number of non-ortho nitro benzene ring substituents is 1. The molecule has 6 heteroatoms. The number of carbonyl (C=O) groups is 1. The van der Waals surface area contributed by atoms with Crippen molar-refractivity contribution in [3.63, 3.8) is 0 Å². The van der Waals surface area contributed by atoms with E-state index >= 15 is 0 Å². The number of nitro benzene ring substituents is 1. The Kier molecular flexibility index (Phi) is 4.75. The fourth-order valence-electron chi connectivity index (χ4n) is 2.46. The Hall–Kier alpha value is -1.43. The highest BCUT2D eigenvalue weighted by Gasteiger charge is 2.25. The number of nitrogens with one attached hydrogen (secondary N) is 1. The molecule has 2 rings (SSSR count). The molecule has 108 valence electrons. The van der Waals surface area contributed by atoms with Crippen LogP contribution < -0.4 is 5.32 Å². The third kappa shape index (κ3) is 3.36. The number of hydrogen-bond acceptors (Lipinski definition) is 3. The summed E-state index contributed by atoms with van der Waals surface area (Å²) in [7, 11) is 0. The smallest absolute Gasteiger partial charge is 0.270 e. The molecule has 5 nitrogen and oxygen atoms in total. The van der Waals surface area contributed by atoms with E-state index in [9.17, 15) is 14.9 Å². The average Bonchev–Trinajstić information content (AvgIpc) is 2.41. The van der Waals surface area contributed by atoms with E-state index in [4.69, 9.17) is 0 Å². The van der Waals surface area contributed by atoms with E-state index in [2.05, 4.69) is 21.2 Å². The van der Waals surface area contributed by atoms with Gasteiger partial charge in [-0.1, -0.05) is 34.8 Å². The van der Waals surface area contributed by atoms with Crippen molar-refractivity contribution in [2.45, 2.75) is 43.5 Å². The molecule has 1 aromatic rings. The third-order valence-electron chi connectivity index (χ3n) is 3.67. The van der Waals surface area contributed by atoms with E-state index < -0.39 is 4.92 Å². The highest BCUT2D eigenvalue weighted by atomic mass is 79.9. The Bertz CT molecular complexity index is 533. The van der Waals surface area contributed by atoms with E-state index in [1.807, 2.05) is 0 Å². The van der Waals surface area contributed by atoms with Gasteiger partial charge in [-0.25, -0.2) is 0 Å². The van der Waals surface area contributed by atoms with Gasteiger partial charge in [-0.05, 0) is 25.3 Å². The highest BCUT2D eigenvalue weighted by molar-refractivity contribution is 9.09. The van der Waals surface area contributed by atoms with Gasteiger partial charge >= 0.3 is 0 Å². The van der Waals surface area contributed by atoms with Gasteiger partial charge in [0.25, 0.3) is 11.6 Å². The molecule has 1 saturated carbocycles. The molecule has 1 N–H and O–H groups in total. The minimum Gasteiger partial charge on any atom is -0.348 e. The van der Waals surface area contributed by atoms with E-state index in [1.165, 1.54) is 12.1 Å². The lowest BCUT2D eigenvalue weighted by atomic mass is 9.95. The van der Waals surface area contributed by atoms with Crippen LogP contribution in [0.3, 0.4) is 0 Å². The van der Waals surface area contributed by atoms with Crippen molar-refractivity contribution < 1.29 is 9.72 Å². The van der Waals surface area contributed by atoms with Crippen molar-refractivity contribution in [1.82, 2.24) is 5.32 Å². The number of carbonyl (C=O) groups excluding carboxylic acids is 1. The molecule has 0 aromatic heterocycles. The van der Waals surface area contributed by atoms with Crippen LogP contribution in [0.2, 0.25) is 0 Å². The summed E-state index contributed by atoms with van der Waals surface area (Å²) in [5, 5.41) is 13.8. The van der Waals surface area contributed by atoms with Gasteiger partial charge in [-0.3, -0.25) is 14.9 Å². The molecule has 0 aliphatic heterocycles. The molecule has 0 bridgehead atoms. The maximum atomic E-state index is 12.3. The standard InChI is InChI=1S/C14H17BrN2O3/c1-9-6-7-10(17(19)20)8-11(9)14(18)16-13-5-3-2-4-12(13)15/h6-8,12-13H,2-5H2,1H3,(H,16,18). The lowest BCUT2D eigenvalue weighted by Gasteiger charge is -2.28. The zero-order valence-corrected chi connectivity index (χ0v) is 12.9. The zero-order chi connectivity index (χ0) is 14.7. The summed E-state index contributed by atoms with van der Waals surface area (Å²) in [5.74, 6) is -0.234. The summed E-state index contributed by atoms with van der Waals surface area (Å²) in [6.07, 6.45) is 4.24. The highest BCUT2D eigenvalue weighted by Crippen LogP contribution is 2.25. The summed E-state index contributed by atoms with van der Waals surface area (Å²) in [6.45, 7) is 1.78. The zero-order valence-electron chi connectivity index (χ0n) is 11.3. The molecule has 0 saturated heterocycles. The Labute approximate surface area is 126 Å². The number of rotatable bonds is 3. The van der Waals surface area contributed by atoms with Crippen molar-refractivity contribution in [1.29, 1.82) is 0 Å². The number of alkyl halides is 1. The van der Waals surface area contributed by atoms with Crippen molar-refractivity contribution in [3.8, 4) is 0 Å². The minimum absolute atomic E-state index is 0.0558. The summed E-state index contributed by atoms with van der Waals surface area (Å²) < 4.78 is 0. The monoisotopic (exact) mass is 340 g/mol. The van der Waals surface area contributed by atoms with Crippen molar-refractivity contribution in [2.75, 3.05) is 0 Å². The lowest BCUT2D eigenvalue weighted by molar-refractivity contribution is -0.384. The minimum atomic E-state index is -0.482. The average molecular weight is 341 g/mol. The molecular weight excluding hydrogens is 324 g/mol. The van der Waals surface area contributed by atoms with E-state index in [0.29, 0.717) is 5.56 Å². The summed E-state index contributed by atoms with van der Waals surface area (Å²) in [5.41, 5.74) is 1.07. The van der Waals surface area contributed by atoms with E-state index in [1.54, 1.807) is 13.0 Å². The first-order chi connectivity index (χ1) is 9.49. The molecule has 2 atom stereocenters. The topological polar surface area (TPSA) is 72.2 Å². The Morgan fingerprint density at radius 2 is 2.10 bits per heavy atom. The van der Waals surface area contributed by atoms with Gasteiger partial charge in [-0.2, -0.15) is 0 Å². The van der Waals surface area contributed by atoms with Gasteiger partial charge in [0.2, 0.25) is 0 Å². The molecular formula is C14H17BrN2O3. The van der Waals surface area contributed by atoms with Crippen LogP contribution >= 0.6 is 15.9 Å². The number of halogens is 1. The number of nitro groups is 1. The predicted octanol–water partition coefficient (Wildman–Crippen LogP) is 3.34. The number of amides is 1. The summed E-state index contributed by atoms with van der Waals surface area (Å²) >= 11 is 3.59. The van der Waals surface area contributed by atoms with E-state index in [-0.39, 0.29) is 22.5 Å². The molecule has 0 radical (unpaired) electrons. The van der Waals surface area contributed by atoms with Crippen LogP contribution in [0.1, 0.15) is 41.6 Å². The Morgan fingerprint density at radius 1 is 1.40 bits per heavy atom. The quantitative estimate of drug-likeness (QED) is 0.521. The van der Waals surface area contributed by atoms with Crippen LogP contribution in [0, 0.1) is 17.0 Å². The van der Waals surface area contributed by atoms with Crippen molar-refractivity contribution in [3.05, 3.63) is 39.4 Å². The van der Waals surface area contributed by atoms with Crippen molar-refractivity contribution in [2.24, 2.45) is 0 Å². The molecule has 1 fully saturated rings. The van der Waals surface area contributed by atoms with Crippen LogP contribution in [-0.2, 0) is 0 Å².